The molecule has 0 aromatic heterocycles. The van der Waals surface area contributed by atoms with Gasteiger partial charge in [-0.15, -0.1) is 0 Å². The van der Waals surface area contributed by atoms with Crippen molar-refractivity contribution in [3.63, 3.8) is 0 Å². The van der Waals surface area contributed by atoms with Gasteiger partial charge < -0.3 is 9.80 Å². The molecule has 0 amide bonds. The summed E-state index contributed by atoms with van der Waals surface area (Å²) in [5.74, 6) is 0. The molecule has 0 spiro atoms. The van der Waals surface area contributed by atoms with E-state index in [1.165, 1.54) is 36.9 Å². The van der Waals surface area contributed by atoms with E-state index in [0.29, 0.717) is 6.04 Å². The Kier molecular flexibility index (Phi) is 3.68. The van der Waals surface area contributed by atoms with Crippen LogP contribution in [0.2, 0.25) is 5.02 Å². The highest BCUT2D eigenvalue weighted by atomic mass is 35.5. The van der Waals surface area contributed by atoms with Crippen molar-refractivity contribution in [1.82, 2.24) is 4.90 Å². The van der Waals surface area contributed by atoms with Gasteiger partial charge in [-0.3, -0.25) is 0 Å². The number of nitrogens with zero attached hydrogens (tertiary/aromatic N) is 2. The van der Waals surface area contributed by atoms with E-state index in [9.17, 15) is 0 Å². The minimum absolute atomic E-state index is 0.676. The third-order valence-electron chi connectivity index (χ3n) is 4.23. The fourth-order valence-electron chi connectivity index (χ4n) is 2.88. The van der Waals surface area contributed by atoms with Crippen molar-refractivity contribution in [1.29, 1.82) is 0 Å². The third-order valence-corrected chi connectivity index (χ3v) is 4.92. The van der Waals surface area contributed by atoms with Crippen LogP contribution < -0.4 is 4.90 Å². The number of halogens is 1. The number of hydrogen-bond donors (Lipinski definition) is 0. The number of hydrogen-bond acceptors (Lipinski definition) is 1. The number of aryl methyl sites for hydroxylation is 1. The second-order valence-corrected chi connectivity index (χ2v) is 6.30. The summed E-state index contributed by atoms with van der Waals surface area (Å²) in [7, 11) is 0. The Balaban J connectivity index is 1.86. The summed E-state index contributed by atoms with van der Waals surface area (Å²) >= 11 is 11.9. The largest absolute Gasteiger partial charge is 0.346 e. The summed E-state index contributed by atoms with van der Waals surface area (Å²) in [6.07, 6.45) is 5.10. The van der Waals surface area contributed by atoms with Gasteiger partial charge in [0.15, 0.2) is 5.11 Å². The van der Waals surface area contributed by atoms with Crippen LogP contribution in [-0.2, 0) is 0 Å². The highest BCUT2D eigenvalue weighted by Gasteiger charge is 2.32. The highest BCUT2D eigenvalue weighted by Crippen LogP contribution is 2.32. The second-order valence-electron chi connectivity index (χ2n) is 5.50. The molecule has 1 aliphatic heterocycles. The highest BCUT2D eigenvalue weighted by molar-refractivity contribution is 7.80. The van der Waals surface area contributed by atoms with Gasteiger partial charge in [0.05, 0.1) is 0 Å². The molecule has 0 unspecified atom stereocenters. The molecule has 19 heavy (non-hydrogen) atoms. The van der Waals surface area contributed by atoms with E-state index in [-0.39, 0.29) is 0 Å². The minimum Gasteiger partial charge on any atom is -0.346 e. The van der Waals surface area contributed by atoms with E-state index < -0.39 is 0 Å². The van der Waals surface area contributed by atoms with Crippen molar-refractivity contribution in [2.24, 2.45) is 0 Å². The Labute approximate surface area is 125 Å². The second kappa shape index (κ2) is 5.29. The van der Waals surface area contributed by atoms with E-state index in [1.54, 1.807) is 0 Å². The molecule has 3 rings (SSSR count). The van der Waals surface area contributed by atoms with Crippen LogP contribution in [0.25, 0.3) is 0 Å². The van der Waals surface area contributed by atoms with Gasteiger partial charge in [-0.25, -0.2) is 0 Å². The molecular formula is C15H19ClN2S. The predicted molar refractivity (Wildman–Crippen MR) is 85.1 cm³/mol. The van der Waals surface area contributed by atoms with Crippen LogP contribution >= 0.6 is 23.8 Å². The fraction of sp³-hybridized carbons (Fsp3) is 0.533. The first-order valence-electron chi connectivity index (χ1n) is 7.01. The smallest absolute Gasteiger partial charge is 0.176 e. The molecule has 1 heterocycles. The van der Waals surface area contributed by atoms with Crippen molar-refractivity contribution in [2.45, 2.75) is 38.6 Å². The lowest BCUT2D eigenvalue weighted by Gasteiger charge is -2.46. The SMILES string of the molecule is Cc1ccc(Cl)cc1N1CCCN(C2CCC2)C1=S. The zero-order valence-electron chi connectivity index (χ0n) is 11.2. The molecule has 1 saturated carbocycles. The number of thiocarbonyl (C=S) groups is 1. The van der Waals surface area contributed by atoms with E-state index in [1.807, 2.05) is 12.1 Å². The average molecular weight is 295 g/mol. The topological polar surface area (TPSA) is 6.48 Å². The lowest BCUT2D eigenvalue weighted by atomic mass is 9.91. The predicted octanol–water partition coefficient (Wildman–Crippen LogP) is 4.00. The molecule has 1 saturated heterocycles. The molecule has 102 valence electrons. The van der Waals surface area contributed by atoms with Crippen molar-refractivity contribution in [3.05, 3.63) is 28.8 Å². The van der Waals surface area contributed by atoms with Crippen molar-refractivity contribution < 1.29 is 0 Å². The van der Waals surface area contributed by atoms with Crippen LogP contribution in [0.3, 0.4) is 0 Å². The van der Waals surface area contributed by atoms with Crippen LogP contribution in [-0.4, -0.2) is 29.1 Å². The molecule has 2 aliphatic rings. The Morgan fingerprint density at radius 1 is 1.21 bits per heavy atom. The normalized spacial score (nSPS) is 20.6. The van der Waals surface area contributed by atoms with Crippen molar-refractivity contribution in [2.75, 3.05) is 18.0 Å². The molecule has 1 aromatic rings. The van der Waals surface area contributed by atoms with Gasteiger partial charge in [-0.2, -0.15) is 0 Å². The summed E-state index contributed by atoms with van der Waals surface area (Å²) in [4.78, 5) is 4.68. The van der Waals surface area contributed by atoms with E-state index in [2.05, 4.69) is 22.8 Å². The summed E-state index contributed by atoms with van der Waals surface area (Å²) < 4.78 is 0. The van der Waals surface area contributed by atoms with Gasteiger partial charge in [0, 0.05) is 29.8 Å². The maximum atomic E-state index is 6.14. The van der Waals surface area contributed by atoms with Gasteiger partial charge in [-0.05, 0) is 62.5 Å². The molecule has 2 fully saturated rings. The molecule has 1 aliphatic carbocycles. The molecule has 0 atom stereocenters. The van der Waals surface area contributed by atoms with E-state index in [0.717, 1.165) is 23.2 Å². The van der Waals surface area contributed by atoms with Crippen molar-refractivity contribution in [3.8, 4) is 0 Å². The number of anilines is 1. The third kappa shape index (κ3) is 2.46. The average Bonchev–Trinajstić information content (AvgIpc) is 2.33. The van der Waals surface area contributed by atoms with Gasteiger partial charge in [-0.1, -0.05) is 17.7 Å². The lowest BCUT2D eigenvalue weighted by molar-refractivity contribution is 0.200. The fourth-order valence-corrected chi connectivity index (χ4v) is 3.48. The first-order chi connectivity index (χ1) is 9.16. The minimum atomic E-state index is 0.676. The molecule has 0 bridgehead atoms. The summed E-state index contributed by atoms with van der Waals surface area (Å²) in [6, 6.07) is 6.72. The summed E-state index contributed by atoms with van der Waals surface area (Å²) in [5.41, 5.74) is 2.41. The maximum Gasteiger partial charge on any atom is 0.176 e. The first kappa shape index (κ1) is 13.2. The quantitative estimate of drug-likeness (QED) is 0.761. The van der Waals surface area contributed by atoms with Crippen LogP contribution in [0.1, 0.15) is 31.2 Å². The Bertz CT molecular complexity index is 499. The van der Waals surface area contributed by atoms with Crippen LogP contribution in [0, 0.1) is 6.92 Å². The zero-order valence-corrected chi connectivity index (χ0v) is 12.8. The molecule has 2 nitrogen and oxygen atoms in total. The Morgan fingerprint density at radius 2 is 2.00 bits per heavy atom. The lowest BCUT2D eigenvalue weighted by Crippen LogP contribution is -2.55. The van der Waals surface area contributed by atoms with E-state index >= 15 is 0 Å². The standard InChI is InChI=1S/C15H19ClN2S/c1-11-6-7-12(16)10-14(11)18-9-3-8-17(15(18)19)13-4-2-5-13/h6-7,10,13H,2-5,8-9H2,1H3. The van der Waals surface area contributed by atoms with E-state index in [4.69, 9.17) is 23.8 Å². The molecular weight excluding hydrogens is 276 g/mol. The van der Waals surface area contributed by atoms with Crippen LogP contribution in [0.15, 0.2) is 18.2 Å². The molecule has 0 radical (unpaired) electrons. The van der Waals surface area contributed by atoms with Crippen molar-refractivity contribution >= 4 is 34.6 Å². The van der Waals surface area contributed by atoms with Gasteiger partial charge in [0.25, 0.3) is 0 Å². The Morgan fingerprint density at radius 3 is 2.68 bits per heavy atom. The van der Waals surface area contributed by atoms with Gasteiger partial charge in [0.2, 0.25) is 0 Å². The van der Waals surface area contributed by atoms with Gasteiger partial charge >= 0.3 is 0 Å². The number of benzene rings is 1. The monoisotopic (exact) mass is 294 g/mol. The van der Waals surface area contributed by atoms with Gasteiger partial charge in [0.1, 0.15) is 0 Å². The summed E-state index contributed by atoms with van der Waals surface area (Å²) in [6.45, 7) is 4.24. The zero-order chi connectivity index (χ0) is 13.4. The van der Waals surface area contributed by atoms with Crippen LogP contribution in [0.4, 0.5) is 5.69 Å². The molecule has 1 aromatic carbocycles. The summed E-state index contributed by atoms with van der Waals surface area (Å²) in [5, 5.41) is 1.77. The first-order valence-corrected chi connectivity index (χ1v) is 7.80. The maximum absolute atomic E-state index is 6.14. The number of rotatable bonds is 2. The Hall–Kier alpha value is -0.800. The molecule has 4 heteroatoms. The van der Waals surface area contributed by atoms with Crippen LogP contribution in [0.5, 0.6) is 0 Å². The molecule has 0 N–H and O–H groups in total.